The second kappa shape index (κ2) is 6.70. The zero-order valence-corrected chi connectivity index (χ0v) is 14.8. The highest BCUT2D eigenvalue weighted by Crippen LogP contribution is 2.17. The number of aromatic nitrogens is 3. The number of carbonyl (C=O) groups is 1. The molecule has 6 nitrogen and oxygen atoms in total. The lowest BCUT2D eigenvalue weighted by atomic mass is 10.2. The number of carbonyl (C=O) groups excluding carboxylic acids is 1. The van der Waals surface area contributed by atoms with Crippen molar-refractivity contribution in [2.75, 3.05) is 6.54 Å². The first kappa shape index (κ1) is 16.4. The van der Waals surface area contributed by atoms with E-state index in [1.54, 1.807) is 29.4 Å². The molecule has 7 heteroatoms. The lowest BCUT2D eigenvalue weighted by Crippen LogP contribution is -2.38. The summed E-state index contributed by atoms with van der Waals surface area (Å²) in [6.07, 6.45) is 1.57. The Hall–Kier alpha value is -3.04. The lowest BCUT2D eigenvalue weighted by molar-refractivity contribution is 0.0675. The first-order chi connectivity index (χ1) is 12.6. The Morgan fingerprint density at radius 2 is 2.12 bits per heavy atom. The predicted molar refractivity (Wildman–Crippen MR) is 95.6 cm³/mol. The van der Waals surface area contributed by atoms with Gasteiger partial charge >= 0.3 is 0 Å². The molecule has 0 atom stereocenters. The minimum absolute atomic E-state index is 0.140. The molecule has 0 aliphatic carbocycles. The third-order valence-corrected chi connectivity index (χ3v) is 4.36. The van der Waals surface area contributed by atoms with Crippen LogP contribution < -0.4 is 0 Å². The number of hydrogen-bond acceptors (Lipinski definition) is 4. The first-order valence-corrected chi connectivity index (χ1v) is 8.52. The van der Waals surface area contributed by atoms with Crippen molar-refractivity contribution in [3.05, 3.63) is 70.2 Å². The van der Waals surface area contributed by atoms with Gasteiger partial charge < -0.3 is 13.9 Å². The molecule has 0 unspecified atom stereocenters. The van der Waals surface area contributed by atoms with Gasteiger partial charge in [0.2, 0.25) is 5.82 Å². The van der Waals surface area contributed by atoms with E-state index in [1.165, 1.54) is 0 Å². The first-order valence-electron chi connectivity index (χ1n) is 8.14. The Balaban J connectivity index is 1.53. The van der Waals surface area contributed by atoms with Crippen molar-refractivity contribution in [1.82, 2.24) is 19.7 Å². The van der Waals surface area contributed by atoms with E-state index in [2.05, 4.69) is 22.0 Å². The van der Waals surface area contributed by atoms with Crippen LogP contribution in [0.1, 0.15) is 33.3 Å². The predicted octanol–water partition coefficient (Wildman–Crippen LogP) is 2.89. The molecule has 0 spiro atoms. The largest absolute Gasteiger partial charge is 0.459 e. The topological polar surface area (TPSA) is 64.2 Å². The van der Waals surface area contributed by atoms with Crippen LogP contribution in [0.4, 0.5) is 0 Å². The van der Waals surface area contributed by atoms with E-state index in [0.717, 1.165) is 11.1 Å². The molecule has 0 bridgehead atoms. The van der Waals surface area contributed by atoms with Crippen LogP contribution in [0, 0.1) is 18.8 Å². The van der Waals surface area contributed by atoms with Crippen LogP contribution >= 0.6 is 11.6 Å². The molecule has 0 saturated heterocycles. The summed E-state index contributed by atoms with van der Waals surface area (Å²) < 4.78 is 7.24. The maximum absolute atomic E-state index is 12.5. The Morgan fingerprint density at radius 1 is 1.23 bits per heavy atom. The van der Waals surface area contributed by atoms with Crippen LogP contribution in [0.2, 0.25) is 5.02 Å². The summed E-state index contributed by atoms with van der Waals surface area (Å²) in [4.78, 5) is 14.2. The third kappa shape index (κ3) is 3.22. The number of nitrogens with zero attached hydrogens (tertiary/aromatic N) is 4. The van der Waals surface area contributed by atoms with Gasteiger partial charge in [-0.2, -0.15) is 0 Å². The van der Waals surface area contributed by atoms with Gasteiger partial charge in [0.15, 0.2) is 11.6 Å². The van der Waals surface area contributed by atoms with Crippen molar-refractivity contribution in [1.29, 1.82) is 0 Å². The molecule has 0 radical (unpaired) electrons. The van der Waals surface area contributed by atoms with Crippen molar-refractivity contribution in [2.24, 2.45) is 0 Å². The number of fused-ring (bicyclic) bond motifs is 1. The highest BCUT2D eigenvalue weighted by atomic mass is 35.5. The van der Waals surface area contributed by atoms with Crippen LogP contribution in [0.25, 0.3) is 0 Å². The lowest BCUT2D eigenvalue weighted by Gasteiger charge is -2.26. The molecule has 26 heavy (non-hydrogen) atoms. The van der Waals surface area contributed by atoms with Gasteiger partial charge in [-0.1, -0.05) is 23.6 Å². The molecular weight excluding hydrogens is 352 g/mol. The fourth-order valence-corrected chi connectivity index (χ4v) is 3.01. The number of rotatable bonds is 1. The van der Waals surface area contributed by atoms with Crippen LogP contribution in [0.15, 0.2) is 41.0 Å². The number of hydrogen-bond donors (Lipinski definition) is 0. The monoisotopic (exact) mass is 366 g/mol. The second-order valence-corrected chi connectivity index (χ2v) is 6.50. The summed E-state index contributed by atoms with van der Waals surface area (Å²) in [6.45, 7) is 3.41. The summed E-state index contributed by atoms with van der Waals surface area (Å²) in [5, 5.41) is 8.97. The van der Waals surface area contributed by atoms with E-state index in [1.807, 2.05) is 23.6 Å². The van der Waals surface area contributed by atoms with E-state index in [0.29, 0.717) is 42.1 Å². The molecule has 0 fully saturated rings. The van der Waals surface area contributed by atoms with Gasteiger partial charge in [-0.15, -0.1) is 10.2 Å². The van der Waals surface area contributed by atoms with Crippen molar-refractivity contribution >= 4 is 17.5 Å². The van der Waals surface area contributed by atoms with Gasteiger partial charge in [-0.25, -0.2) is 0 Å². The van der Waals surface area contributed by atoms with Crippen molar-refractivity contribution < 1.29 is 9.21 Å². The number of furan rings is 1. The zero-order valence-electron chi connectivity index (χ0n) is 14.1. The molecule has 3 aromatic rings. The minimum atomic E-state index is -0.140. The molecule has 0 N–H and O–H groups in total. The number of benzene rings is 1. The normalized spacial score (nSPS) is 13.1. The van der Waals surface area contributed by atoms with Crippen LogP contribution in [-0.2, 0) is 13.1 Å². The van der Waals surface area contributed by atoms with Gasteiger partial charge in [0.05, 0.1) is 12.8 Å². The molecule has 0 saturated carbocycles. The van der Waals surface area contributed by atoms with Gasteiger partial charge in [-0.05, 0) is 42.7 Å². The van der Waals surface area contributed by atoms with Crippen LogP contribution in [-0.4, -0.2) is 32.1 Å². The van der Waals surface area contributed by atoms with E-state index >= 15 is 0 Å². The van der Waals surface area contributed by atoms with Crippen molar-refractivity contribution in [3.8, 4) is 11.8 Å². The molecule has 1 aromatic carbocycles. The van der Waals surface area contributed by atoms with E-state index in [4.69, 9.17) is 16.0 Å². The fourth-order valence-electron chi connectivity index (χ4n) is 2.82. The molecule has 2 aromatic heterocycles. The SMILES string of the molecule is Cc1coc(C(=O)N2CCn3c(C#Cc4cccc(Cl)c4)nnc3C2)c1. The van der Waals surface area contributed by atoms with Gasteiger partial charge in [0.1, 0.15) is 0 Å². The highest BCUT2D eigenvalue weighted by Gasteiger charge is 2.26. The zero-order chi connectivity index (χ0) is 18.1. The quantitative estimate of drug-likeness (QED) is 0.621. The van der Waals surface area contributed by atoms with Crippen LogP contribution in [0.5, 0.6) is 0 Å². The summed E-state index contributed by atoms with van der Waals surface area (Å²) in [5.74, 6) is 7.58. The maximum atomic E-state index is 12.5. The average molecular weight is 367 g/mol. The van der Waals surface area contributed by atoms with Crippen molar-refractivity contribution in [2.45, 2.75) is 20.0 Å². The summed E-state index contributed by atoms with van der Waals surface area (Å²) >= 11 is 5.97. The Morgan fingerprint density at radius 3 is 2.88 bits per heavy atom. The van der Waals surface area contributed by atoms with Gasteiger partial charge in [-0.3, -0.25) is 4.79 Å². The third-order valence-electron chi connectivity index (χ3n) is 4.13. The Labute approximate surface area is 155 Å². The molecular formula is C19H15ClN4O2. The summed E-state index contributed by atoms with van der Waals surface area (Å²) in [5.41, 5.74) is 1.74. The molecule has 130 valence electrons. The van der Waals surface area contributed by atoms with Gasteiger partial charge in [0.25, 0.3) is 5.91 Å². The number of aryl methyl sites for hydroxylation is 1. The highest BCUT2D eigenvalue weighted by molar-refractivity contribution is 6.30. The summed E-state index contributed by atoms with van der Waals surface area (Å²) in [7, 11) is 0. The Bertz CT molecular complexity index is 1040. The summed E-state index contributed by atoms with van der Waals surface area (Å²) in [6, 6.07) is 9.08. The number of amides is 1. The molecule has 4 rings (SSSR count). The minimum Gasteiger partial charge on any atom is -0.459 e. The Kier molecular flexibility index (Phi) is 4.23. The fraction of sp³-hybridized carbons (Fsp3) is 0.211. The van der Waals surface area contributed by atoms with Crippen molar-refractivity contribution in [3.63, 3.8) is 0 Å². The van der Waals surface area contributed by atoms with E-state index in [9.17, 15) is 4.79 Å². The van der Waals surface area contributed by atoms with Gasteiger partial charge in [0, 0.05) is 23.7 Å². The molecule has 3 heterocycles. The molecule has 1 amide bonds. The second-order valence-electron chi connectivity index (χ2n) is 6.07. The van der Waals surface area contributed by atoms with Crippen LogP contribution in [0.3, 0.4) is 0 Å². The standard InChI is InChI=1S/C19H15ClN4O2/c1-13-9-16(26-12-13)19(25)23-7-8-24-17(21-22-18(24)11-23)6-5-14-3-2-4-15(20)10-14/h2-4,9-10,12H,7-8,11H2,1H3. The molecule has 1 aliphatic heterocycles. The number of halogens is 1. The molecule has 1 aliphatic rings. The average Bonchev–Trinajstić information content (AvgIpc) is 3.25. The maximum Gasteiger partial charge on any atom is 0.290 e. The van der Waals surface area contributed by atoms with E-state index < -0.39 is 0 Å². The smallest absolute Gasteiger partial charge is 0.290 e. The van der Waals surface area contributed by atoms with E-state index in [-0.39, 0.29) is 5.91 Å².